The molecule has 4 rings (SSSR count). The molecule has 2 aromatic heterocycles. The SMILES string of the molecule is C[C@H](Nc1ncc2c(n1)NCCCC2)c1cc2cc(Cl)ccc2[nH]c1=O. The maximum Gasteiger partial charge on any atom is 0.253 e. The minimum Gasteiger partial charge on any atom is -0.370 e. The number of H-pyrrole nitrogens is 1. The number of aromatic nitrogens is 3. The fourth-order valence-corrected chi connectivity index (χ4v) is 3.43. The first-order valence-corrected chi connectivity index (χ1v) is 9.17. The van der Waals surface area contributed by atoms with Gasteiger partial charge in [0, 0.05) is 39.8 Å². The maximum atomic E-state index is 12.4. The van der Waals surface area contributed by atoms with Crippen LogP contribution in [0.4, 0.5) is 11.8 Å². The number of hydrogen-bond donors (Lipinski definition) is 3. The van der Waals surface area contributed by atoms with Crippen molar-refractivity contribution in [1.82, 2.24) is 15.0 Å². The highest BCUT2D eigenvalue weighted by Crippen LogP contribution is 2.23. The molecule has 1 aliphatic rings. The van der Waals surface area contributed by atoms with E-state index in [2.05, 4.69) is 25.6 Å². The Bertz CT molecular complexity index is 1020. The molecule has 1 atom stereocenters. The van der Waals surface area contributed by atoms with Crippen LogP contribution in [0.5, 0.6) is 0 Å². The molecule has 0 aliphatic carbocycles. The number of rotatable bonds is 3. The van der Waals surface area contributed by atoms with Crippen LogP contribution in [0.3, 0.4) is 0 Å². The predicted octanol–water partition coefficient (Wildman–Crippen LogP) is 3.89. The van der Waals surface area contributed by atoms with Crippen LogP contribution in [-0.2, 0) is 6.42 Å². The standard InChI is InChI=1S/C19H20ClN5O/c1-11(15-9-13-8-14(20)5-6-16(13)24-18(15)26)23-19-22-10-12-4-2-3-7-21-17(12)25-19/h5-6,8-11H,2-4,7H2,1H3,(H,24,26)(H2,21,22,23,25)/t11-/m0/s1. The second-order valence-corrected chi connectivity index (χ2v) is 7.04. The normalized spacial score (nSPS) is 15.0. The van der Waals surface area contributed by atoms with Gasteiger partial charge in [0.05, 0.1) is 6.04 Å². The topological polar surface area (TPSA) is 82.7 Å². The van der Waals surface area contributed by atoms with Crippen molar-refractivity contribution in [2.24, 2.45) is 0 Å². The smallest absolute Gasteiger partial charge is 0.253 e. The average molecular weight is 370 g/mol. The molecule has 0 bridgehead atoms. The Labute approximate surface area is 156 Å². The van der Waals surface area contributed by atoms with Gasteiger partial charge < -0.3 is 15.6 Å². The van der Waals surface area contributed by atoms with Crippen molar-refractivity contribution in [2.75, 3.05) is 17.2 Å². The van der Waals surface area contributed by atoms with Crippen molar-refractivity contribution < 1.29 is 0 Å². The van der Waals surface area contributed by atoms with Crippen molar-refractivity contribution in [3.8, 4) is 0 Å². The molecule has 0 fully saturated rings. The van der Waals surface area contributed by atoms with Gasteiger partial charge in [-0.15, -0.1) is 0 Å². The Morgan fingerprint density at radius 1 is 1.27 bits per heavy atom. The first-order chi connectivity index (χ1) is 12.6. The van der Waals surface area contributed by atoms with Crippen LogP contribution >= 0.6 is 11.6 Å². The molecule has 1 aliphatic heterocycles. The van der Waals surface area contributed by atoms with Gasteiger partial charge in [-0.05, 0) is 50.5 Å². The van der Waals surface area contributed by atoms with E-state index in [-0.39, 0.29) is 11.6 Å². The van der Waals surface area contributed by atoms with Gasteiger partial charge >= 0.3 is 0 Å². The number of anilines is 2. The summed E-state index contributed by atoms with van der Waals surface area (Å²) in [6, 6.07) is 7.02. The highest BCUT2D eigenvalue weighted by Gasteiger charge is 2.15. The minimum atomic E-state index is -0.244. The quantitative estimate of drug-likeness (QED) is 0.652. The van der Waals surface area contributed by atoms with E-state index >= 15 is 0 Å². The second-order valence-electron chi connectivity index (χ2n) is 6.60. The number of aryl methyl sites for hydroxylation is 1. The van der Waals surface area contributed by atoms with Crippen molar-refractivity contribution in [2.45, 2.75) is 32.2 Å². The third-order valence-electron chi connectivity index (χ3n) is 4.68. The van der Waals surface area contributed by atoms with Gasteiger partial charge in [-0.25, -0.2) is 4.98 Å². The van der Waals surface area contributed by atoms with E-state index in [0.717, 1.165) is 48.1 Å². The Kier molecular flexibility index (Phi) is 4.51. The molecule has 3 aromatic rings. The van der Waals surface area contributed by atoms with E-state index in [0.29, 0.717) is 16.5 Å². The number of halogens is 1. The molecule has 7 heteroatoms. The number of nitrogens with zero attached hydrogens (tertiary/aromatic N) is 2. The van der Waals surface area contributed by atoms with Crippen molar-refractivity contribution >= 4 is 34.3 Å². The van der Waals surface area contributed by atoms with E-state index in [1.54, 1.807) is 6.07 Å². The van der Waals surface area contributed by atoms with Crippen molar-refractivity contribution in [1.29, 1.82) is 0 Å². The molecular formula is C19H20ClN5O. The largest absolute Gasteiger partial charge is 0.370 e. The molecule has 0 spiro atoms. The molecular weight excluding hydrogens is 350 g/mol. The number of fused-ring (bicyclic) bond motifs is 2. The first-order valence-electron chi connectivity index (χ1n) is 8.79. The van der Waals surface area contributed by atoms with E-state index in [1.807, 2.05) is 31.3 Å². The summed E-state index contributed by atoms with van der Waals surface area (Å²) in [5.41, 5.74) is 2.39. The van der Waals surface area contributed by atoms with E-state index in [1.165, 1.54) is 0 Å². The van der Waals surface area contributed by atoms with Crippen LogP contribution in [-0.4, -0.2) is 21.5 Å². The van der Waals surface area contributed by atoms with Crippen LogP contribution in [0.1, 0.15) is 36.9 Å². The Morgan fingerprint density at radius 3 is 3.04 bits per heavy atom. The van der Waals surface area contributed by atoms with Gasteiger partial charge in [0.15, 0.2) is 0 Å². The number of pyridine rings is 1. The minimum absolute atomic E-state index is 0.132. The van der Waals surface area contributed by atoms with Gasteiger partial charge in [0.25, 0.3) is 5.56 Å². The highest BCUT2D eigenvalue weighted by atomic mass is 35.5. The number of nitrogens with one attached hydrogen (secondary N) is 3. The molecule has 26 heavy (non-hydrogen) atoms. The van der Waals surface area contributed by atoms with Crippen molar-refractivity contribution in [3.05, 3.63) is 57.0 Å². The van der Waals surface area contributed by atoms with Gasteiger partial charge in [0.1, 0.15) is 5.82 Å². The lowest BCUT2D eigenvalue weighted by atomic mass is 10.1. The number of aromatic amines is 1. The Balaban J connectivity index is 1.63. The van der Waals surface area contributed by atoms with Crippen LogP contribution in [0, 0.1) is 0 Å². The molecule has 0 unspecified atom stereocenters. The fourth-order valence-electron chi connectivity index (χ4n) is 3.25. The Morgan fingerprint density at radius 2 is 2.15 bits per heavy atom. The van der Waals surface area contributed by atoms with Crippen LogP contribution in [0.15, 0.2) is 35.3 Å². The summed E-state index contributed by atoms with van der Waals surface area (Å²) in [5, 5.41) is 8.11. The lowest BCUT2D eigenvalue weighted by Crippen LogP contribution is -2.20. The van der Waals surface area contributed by atoms with Crippen LogP contribution in [0.2, 0.25) is 5.02 Å². The fraction of sp³-hybridized carbons (Fsp3) is 0.316. The summed E-state index contributed by atoms with van der Waals surface area (Å²) in [5.74, 6) is 1.39. The molecule has 134 valence electrons. The first kappa shape index (κ1) is 16.8. The monoisotopic (exact) mass is 369 g/mol. The van der Waals surface area contributed by atoms with E-state index < -0.39 is 0 Å². The van der Waals surface area contributed by atoms with Gasteiger partial charge in [0.2, 0.25) is 5.95 Å². The van der Waals surface area contributed by atoms with E-state index in [9.17, 15) is 4.79 Å². The predicted molar refractivity (Wildman–Crippen MR) is 105 cm³/mol. The molecule has 3 heterocycles. The molecule has 0 radical (unpaired) electrons. The van der Waals surface area contributed by atoms with Crippen LogP contribution in [0.25, 0.3) is 10.9 Å². The Hall–Kier alpha value is -2.60. The molecule has 6 nitrogen and oxygen atoms in total. The second kappa shape index (κ2) is 6.96. The molecule has 1 aromatic carbocycles. The van der Waals surface area contributed by atoms with Gasteiger partial charge in [-0.3, -0.25) is 4.79 Å². The summed E-state index contributed by atoms with van der Waals surface area (Å²) in [7, 11) is 0. The summed E-state index contributed by atoms with van der Waals surface area (Å²) in [6.45, 7) is 2.84. The summed E-state index contributed by atoms with van der Waals surface area (Å²) in [4.78, 5) is 24.3. The summed E-state index contributed by atoms with van der Waals surface area (Å²) >= 11 is 6.07. The zero-order chi connectivity index (χ0) is 18.1. The lowest BCUT2D eigenvalue weighted by molar-refractivity contribution is 0.784. The van der Waals surface area contributed by atoms with E-state index in [4.69, 9.17) is 11.6 Å². The summed E-state index contributed by atoms with van der Waals surface area (Å²) < 4.78 is 0. The lowest BCUT2D eigenvalue weighted by Gasteiger charge is -2.15. The van der Waals surface area contributed by atoms with Crippen LogP contribution < -0.4 is 16.2 Å². The highest BCUT2D eigenvalue weighted by molar-refractivity contribution is 6.31. The van der Waals surface area contributed by atoms with Gasteiger partial charge in [-0.2, -0.15) is 4.98 Å². The molecule has 3 N–H and O–H groups in total. The molecule has 0 saturated heterocycles. The zero-order valence-electron chi connectivity index (χ0n) is 14.5. The third kappa shape index (κ3) is 3.37. The van der Waals surface area contributed by atoms with Crippen molar-refractivity contribution in [3.63, 3.8) is 0 Å². The summed E-state index contributed by atoms with van der Waals surface area (Å²) in [6.07, 6.45) is 5.12. The maximum absolute atomic E-state index is 12.4. The zero-order valence-corrected chi connectivity index (χ0v) is 15.2. The number of benzene rings is 1. The number of hydrogen-bond acceptors (Lipinski definition) is 5. The van der Waals surface area contributed by atoms with Gasteiger partial charge in [-0.1, -0.05) is 11.6 Å². The molecule has 0 amide bonds. The third-order valence-corrected chi connectivity index (χ3v) is 4.91. The molecule has 0 saturated carbocycles. The average Bonchev–Trinajstić information content (AvgIpc) is 2.86.